The van der Waals surface area contributed by atoms with E-state index in [0.29, 0.717) is 0 Å². The van der Waals surface area contributed by atoms with Gasteiger partial charge in [0.25, 0.3) is 0 Å². The van der Waals surface area contributed by atoms with E-state index in [2.05, 4.69) is 4.74 Å². The second-order valence-electron chi connectivity index (χ2n) is 3.06. The Labute approximate surface area is 78.4 Å². The zero-order chi connectivity index (χ0) is 9.19. The standard InChI is InChI=1S/C7H11ClO3S/c1-11-6(9)7(3-2-4-7)5-12(8)10/h2-5H2,1H3. The molecule has 0 amide bonds. The summed E-state index contributed by atoms with van der Waals surface area (Å²) in [6.07, 6.45) is 2.49. The number of rotatable bonds is 3. The fourth-order valence-corrected chi connectivity index (χ4v) is 2.91. The van der Waals surface area contributed by atoms with Crippen LogP contribution >= 0.6 is 10.7 Å². The van der Waals surface area contributed by atoms with E-state index in [9.17, 15) is 9.00 Å². The average molecular weight is 211 g/mol. The van der Waals surface area contributed by atoms with Crippen molar-refractivity contribution in [3.8, 4) is 0 Å². The van der Waals surface area contributed by atoms with Crippen molar-refractivity contribution in [1.82, 2.24) is 0 Å². The molecular weight excluding hydrogens is 200 g/mol. The third-order valence-electron chi connectivity index (χ3n) is 2.32. The number of hydrogen-bond donors (Lipinski definition) is 0. The molecule has 1 aliphatic carbocycles. The van der Waals surface area contributed by atoms with Crippen LogP contribution in [0.3, 0.4) is 0 Å². The van der Waals surface area contributed by atoms with Crippen molar-refractivity contribution in [2.75, 3.05) is 12.9 Å². The Bertz CT molecular complexity index is 213. The van der Waals surface area contributed by atoms with Gasteiger partial charge in [-0.05, 0) is 23.5 Å². The van der Waals surface area contributed by atoms with E-state index < -0.39 is 15.4 Å². The molecule has 1 fully saturated rings. The lowest BCUT2D eigenvalue weighted by molar-refractivity contribution is -0.156. The highest BCUT2D eigenvalue weighted by Crippen LogP contribution is 2.42. The van der Waals surface area contributed by atoms with Gasteiger partial charge in [0.2, 0.25) is 0 Å². The van der Waals surface area contributed by atoms with Crippen LogP contribution in [0.2, 0.25) is 0 Å². The predicted molar refractivity (Wildman–Crippen MR) is 47.2 cm³/mol. The molecule has 0 heterocycles. The van der Waals surface area contributed by atoms with Crippen LogP contribution in [0.4, 0.5) is 0 Å². The van der Waals surface area contributed by atoms with Crippen molar-refractivity contribution in [2.24, 2.45) is 5.41 Å². The van der Waals surface area contributed by atoms with Crippen LogP contribution in [-0.2, 0) is 19.5 Å². The lowest BCUT2D eigenvalue weighted by Crippen LogP contribution is -2.42. The highest BCUT2D eigenvalue weighted by Gasteiger charge is 2.46. The molecule has 1 aliphatic rings. The highest BCUT2D eigenvalue weighted by atomic mass is 35.7. The van der Waals surface area contributed by atoms with Gasteiger partial charge in [0, 0.05) is 0 Å². The summed E-state index contributed by atoms with van der Waals surface area (Å²) in [7, 11) is 5.25. The van der Waals surface area contributed by atoms with Gasteiger partial charge in [-0.1, -0.05) is 6.42 Å². The maximum Gasteiger partial charge on any atom is 0.312 e. The molecule has 12 heavy (non-hydrogen) atoms. The van der Waals surface area contributed by atoms with Crippen LogP contribution in [0.25, 0.3) is 0 Å². The summed E-state index contributed by atoms with van der Waals surface area (Å²) >= 11 is 0. The second kappa shape index (κ2) is 3.75. The molecule has 0 N–H and O–H groups in total. The van der Waals surface area contributed by atoms with E-state index in [4.69, 9.17) is 10.7 Å². The van der Waals surface area contributed by atoms with Gasteiger partial charge >= 0.3 is 5.97 Å². The number of halogens is 1. The Morgan fingerprint density at radius 1 is 1.67 bits per heavy atom. The van der Waals surface area contributed by atoms with Gasteiger partial charge in [-0.3, -0.25) is 4.79 Å². The molecule has 3 nitrogen and oxygen atoms in total. The molecule has 1 unspecified atom stereocenters. The Morgan fingerprint density at radius 2 is 2.25 bits per heavy atom. The molecule has 1 saturated carbocycles. The van der Waals surface area contributed by atoms with E-state index in [0.717, 1.165) is 19.3 Å². The molecule has 0 aliphatic heterocycles. The number of carbonyl (C=O) groups is 1. The smallest absolute Gasteiger partial charge is 0.312 e. The summed E-state index contributed by atoms with van der Waals surface area (Å²) in [5.41, 5.74) is -0.540. The van der Waals surface area contributed by atoms with Crippen molar-refractivity contribution in [3.05, 3.63) is 0 Å². The molecule has 1 atom stereocenters. The highest BCUT2D eigenvalue weighted by molar-refractivity contribution is 8.08. The molecule has 70 valence electrons. The van der Waals surface area contributed by atoms with E-state index in [1.54, 1.807) is 0 Å². The van der Waals surface area contributed by atoms with E-state index in [1.165, 1.54) is 7.11 Å². The molecule has 0 radical (unpaired) electrons. The fourth-order valence-electron chi connectivity index (χ4n) is 1.44. The van der Waals surface area contributed by atoms with E-state index in [1.807, 2.05) is 0 Å². The average Bonchev–Trinajstić information content (AvgIpc) is 1.95. The van der Waals surface area contributed by atoms with E-state index >= 15 is 0 Å². The Hall–Kier alpha value is -0.0900. The second-order valence-corrected chi connectivity index (χ2v) is 4.96. The Morgan fingerprint density at radius 3 is 2.50 bits per heavy atom. The molecule has 1 rings (SSSR count). The molecule has 0 spiro atoms. The third kappa shape index (κ3) is 1.80. The van der Waals surface area contributed by atoms with Gasteiger partial charge in [-0.2, -0.15) is 0 Å². The van der Waals surface area contributed by atoms with Gasteiger partial charge in [0.15, 0.2) is 0 Å². The van der Waals surface area contributed by atoms with Gasteiger partial charge in [0.1, 0.15) is 10.0 Å². The lowest BCUT2D eigenvalue weighted by atomic mass is 9.70. The minimum atomic E-state index is -1.43. The van der Waals surface area contributed by atoms with Crippen molar-refractivity contribution < 1.29 is 13.7 Å². The summed E-state index contributed by atoms with van der Waals surface area (Å²) in [6.45, 7) is 0. The summed E-state index contributed by atoms with van der Waals surface area (Å²) in [5.74, 6) is -0.0518. The lowest BCUT2D eigenvalue weighted by Gasteiger charge is -2.37. The Balaban J connectivity index is 2.62. The summed E-state index contributed by atoms with van der Waals surface area (Å²) in [6, 6.07) is 0. The Kier molecular flexibility index (Phi) is 3.12. The first kappa shape index (κ1) is 9.99. The van der Waals surface area contributed by atoms with Crippen LogP contribution in [0.15, 0.2) is 0 Å². The SMILES string of the molecule is COC(=O)C1(CS(=O)Cl)CCC1. The van der Waals surface area contributed by atoms with Crippen molar-refractivity contribution in [3.63, 3.8) is 0 Å². The minimum absolute atomic E-state index is 0.223. The number of hydrogen-bond acceptors (Lipinski definition) is 3. The van der Waals surface area contributed by atoms with Gasteiger partial charge in [-0.25, -0.2) is 4.21 Å². The predicted octanol–water partition coefficient (Wildman–Crippen LogP) is 1.23. The summed E-state index contributed by atoms with van der Waals surface area (Å²) in [5, 5.41) is 0. The van der Waals surface area contributed by atoms with Crippen LogP contribution in [-0.4, -0.2) is 23.0 Å². The third-order valence-corrected chi connectivity index (χ3v) is 3.43. The van der Waals surface area contributed by atoms with Crippen molar-refractivity contribution in [2.45, 2.75) is 19.3 Å². The monoisotopic (exact) mass is 210 g/mol. The van der Waals surface area contributed by atoms with Crippen molar-refractivity contribution in [1.29, 1.82) is 0 Å². The van der Waals surface area contributed by atoms with Gasteiger partial charge < -0.3 is 4.74 Å². The summed E-state index contributed by atoms with van der Waals surface area (Å²) < 4.78 is 15.4. The topological polar surface area (TPSA) is 43.4 Å². The quantitative estimate of drug-likeness (QED) is 0.520. The molecule has 5 heteroatoms. The minimum Gasteiger partial charge on any atom is -0.469 e. The fraction of sp³-hybridized carbons (Fsp3) is 0.857. The van der Waals surface area contributed by atoms with Crippen LogP contribution in [0.5, 0.6) is 0 Å². The zero-order valence-electron chi connectivity index (χ0n) is 6.84. The number of ether oxygens (including phenoxy) is 1. The number of carbonyl (C=O) groups excluding carboxylic acids is 1. The first-order valence-corrected chi connectivity index (χ1v) is 5.88. The first-order valence-electron chi connectivity index (χ1n) is 3.74. The number of esters is 1. The molecule has 0 aromatic heterocycles. The molecule has 0 saturated heterocycles. The summed E-state index contributed by atoms with van der Waals surface area (Å²) in [4.78, 5) is 11.2. The van der Waals surface area contributed by atoms with Crippen LogP contribution in [0, 0.1) is 5.41 Å². The number of methoxy groups -OCH3 is 1. The van der Waals surface area contributed by atoms with Crippen LogP contribution in [0.1, 0.15) is 19.3 Å². The first-order chi connectivity index (χ1) is 5.60. The zero-order valence-corrected chi connectivity index (χ0v) is 8.41. The molecule has 0 bridgehead atoms. The van der Waals surface area contributed by atoms with E-state index in [-0.39, 0.29) is 11.7 Å². The maximum atomic E-state index is 11.2. The maximum absolute atomic E-state index is 11.2. The van der Waals surface area contributed by atoms with Crippen molar-refractivity contribution >= 4 is 26.7 Å². The normalized spacial score (nSPS) is 22.5. The molecule has 0 aromatic rings. The molecule has 0 aromatic carbocycles. The van der Waals surface area contributed by atoms with Gasteiger partial charge in [0.05, 0.1) is 18.3 Å². The largest absolute Gasteiger partial charge is 0.469 e. The van der Waals surface area contributed by atoms with Gasteiger partial charge in [-0.15, -0.1) is 0 Å². The molecular formula is C7H11ClO3S. The van der Waals surface area contributed by atoms with Crippen LogP contribution < -0.4 is 0 Å².